The van der Waals surface area contributed by atoms with Crippen LogP contribution in [0.3, 0.4) is 0 Å². The molecule has 0 saturated carbocycles. The molecular weight excluding hydrogens is 370 g/mol. The van der Waals surface area contributed by atoms with Gasteiger partial charge in [-0.05, 0) is 74.3 Å². The van der Waals surface area contributed by atoms with Gasteiger partial charge < -0.3 is 10.2 Å². The lowest BCUT2D eigenvalue weighted by Crippen LogP contribution is -2.35. The minimum absolute atomic E-state index is 0.0116. The topological polar surface area (TPSA) is 62.3 Å². The highest BCUT2D eigenvalue weighted by atomic mass is 32.1. The number of nitrogens with one attached hydrogen (secondary N) is 1. The number of likely N-dealkylation sites (tertiary alicyclic amines) is 1. The fraction of sp³-hybridized carbons (Fsp3) is 0.500. The van der Waals surface area contributed by atoms with Crippen LogP contribution in [0.1, 0.15) is 51.4 Å². The Morgan fingerprint density at radius 1 is 1.18 bits per heavy atom. The maximum absolute atomic E-state index is 12.8. The first-order valence-electron chi connectivity index (χ1n) is 10.3. The summed E-state index contributed by atoms with van der Waals surface area (Å²) in [4.78, 5) is 33.5. The van der Waals surface area contributed by atoms with Crippen LogP contribution in [0.5, 0.6) is 0 Å². The molecule has 1 fully saturated rings. The van der Waals surface area contributed by atoms with Gasteiger partial charge in [0.15, 0.2) is 0 Å². The van der Waals surface area contributed by atoms with Crippen LogP contribution in [0, 0.1) is 5.92 Å². The molecule has 148 valence electrons. The molecule has 4 rings (SSSR count). The Kier molecular flexibility index (Phi) is 6.05. The minimum atomic E-state index is 0.0116. The molecule has 2 aromatic rings. The van der Waals surface area contributed by atoms with Crippen molar-refractivity contribution in [3.05, 3.63) is 51.5 Å². The second-order valence-corrected chi connectivity index (χ2v) is 8.88. The van der Waals surface area contributed by atoms with E-state index in [1.165, 1.54) is 22.4 Å². The predicted octanol–water partition coefficient (Wildman–Crippen LogP) is 3.23. The molecule has 0 bridgehead atoms. The Morgan fingerprint density at radius 3 is 2.75 bits per heavy atom. The minimum Gasteiger partial charge on any atom is -0.356 e. The van der Waals surface area contributed by atoms with Crippen molar-refractivity contribution in [1.29, 1.82) is 0 Å². The lowest BCUT2D eigenvalue weighted by Gasteiger charge is -2.26. The summed E-state index contributed by atoms with van der Waals surface area (Å²) in [6, 6.07) is 6.00. The average molecular weight is 398 g/mol. The quantitative estimate of drug-likeness (QED) is 0.843. The van der Waals surface area contributed by atoms with Crippen LogP contribution >= 0.6 is 11.3 Å². The molecule has 1 aliphatic heterocycles. The predicted molar refractivity (Wildman–Crippen MR) is 111 cm³/mol. The molecule has 3 heterocycles. The van der Waals surface area contributed by atoms with Gasteiger partial charge in [0.05, 0.1) is 4.88 Å². The monoisotopic (exact) mass is 397 g/mol. The summed E-state index contributed by atoms with van der Waals surface area (Å²) >= 11 is 1.64. The van der Waals surface area contributed by atoms with E-state index >= 15 is 0 Å². The summed E-state index contributed by atoms with van der Waals surface area (Å²) < 4.78 is 0. The van der Waals surface area contributed by atoms with E-state index in [-0.39, 0.29) is 17.7 Å². The molecule has 6 heteroatoms. The van der Waals surface area contributed by atoms with E-state index in [2.05, 4.69) is 10.3 Å². The van der Waals surface area contributed by atoms with Crippen LogP contribution in [0.2, 0.25) is 0 Å². The van der Waals surface area contributed by atoms with Gasteiger partial charge in [-0.15, -0.1) is 11.3 Å². The molecule has 0 aromatic carbocycles. The van der Waals surface area contributed by atoms with Gasteiger partial charge in [0, 0.05) is 42.8 Å². The zero-order chi connectivity index (χ0) is 19.3. The number of rotatable bonds is 5. The summed E-state index contributed by atoms with van der Waals surface area (Å²) in [7, 11) is 0. The molecule has 0 radical (unpaired) electrons. The number of carbonyl (C=O) groups excluding carboxylic acids is 2. The van der Waals surface area contributed by atoms with Gasteiger partial charge >= 0.3 is 0 Å². The van der Waals surface area contributed by atoms with Crippen molar-refractivity contribution in [1.82, 2.24) is 15.2 Å². The first-order valence-corrected chi connectivity index (χ1v) is 11.1. The van der Waals surface area contributed by atoms with E-state index in [0.29, 0.717) is 6.54 Å². The summed E-state index contributed by atoms with van der Waals surface area (Å²) in [5.74, 6) is 0.324. The van der Waals surface area contributed by atoms with Gasteiger partial charge in [0.2, 0.25) is 5.91 Å². The lowest BCUT2D eigenvalue weighted by molar-refractivity contribution is -0.125. The summed E-state index contributed by atoms with van der Waals surface area (Å²) in [5.41, 5.74) is 2.38. The highest BCUT2D eigenvalue weighted by Gasteiger charge is 2.28. The van der Waals surface area contributed by atoms with E-state index < -0.39 is 0 Å². The van der Waals surface area contributed by atoms with Crippen molar-refractivity contribution in [2.24, 2.45) is 5.92 Å². The molecule has 1 atom stereocenters. The third kappa shape index (κ3) is 4.43. The van der Waals surface area contributed by atoms with Crippen molar-refractivity contribution < 1.29 is 9.59 Å². The number of aromatic nitrogens is 1. The first-order chi connectivity index (χ1) is 13.7. The third-order valence-corrected chi connectivity index (χ3v) is 7.00. The number of carbonyl (C=O) groups is 2. The van der Waals surface area contributed by atoms with Crippen molar-refractivity contribution in [2.75, 3.05) is 19.6 Å². The van der Waals surface area contributed by atoms with Crippen LogP contribution in [-0.2, 0) is 24.1 Å². The van der Waals surface area contributed by atoms with Gasteiger partial charge in [-0.25, -0.2) is 0 Å². The van der Waals surface area contributed by atoms with E-state index in [1.807, 2.05) is 23.1 Å². The van der Waals surface area contributed by atoms with Crippen LogP contribution in [-0.4, -0.2) is 41.3 Å². The normalized spacial score (nSPS) is 19.1. The van der Waals surface area contributed by atoms with E-state index in [9.17, 15) is 9.59 Å². The molecule has 0 unspecified atom stereocenters. The second kappa shape index (κ2) is 8.86. The van der Waals surface area contributed by atoms with Crippen molar-refractivity contribution in [3.63, 3.8) is 0 Å². The number of hydrogen-bond donors (Lipinski definition) is 1. The molecule has 1 N–H and O–H groups in total. The highest BCUT2D eigenvalue weighted by Crippen LogP contribution is 2.33. The molecule has 0 spiro atoms. The van der Waals surface area contributed by atoms with Gasteiger partial charge in [0.25, 0.3) is 5.91 Å². The number of amides is 2. The number of piperidine rings is 1. The van der Waals surface area contributed by atoms with Crippen molar-refractivity contribution in [2.45, 2.75) is 44.9 Å². The SMILES string of the molecule is O=C(NCCc1ccncc1)[C@H]1CCc2sc(C(=O)N3CCCCC3)cc2C1. The van der Waals surface area contributed by atoms with Gasteiger partial charge in [-0.2, -0.15) is 0 Å². The van der Waals surface area contributed by atoms with Crippen molar-refractivity contribution in [3.8, 4) is 0 Å². The third-order valence-electron chi connectivity index (χ3n) is 5.77. The van der Waals surface area contributed by atoms with E-state index in [1.54, 1.807) is 23.7 Å². The average Bonchev–Trinajstić information content (AvgIpc) is 3.18. The molecule has 1 aliphatic carbocycles. The second-order valence-electron chi connectivity index (χ2n) is 7.75. The number of pyridine rings is 1. The number of aryl methyl sites for hydroxylation is 1. The Morgan fingerprint density at radius 2 is 1.96 bits per heavy atom. The molecular formula is C22H27N3O2S. The number of fused-ring (bicyclic) bond motifs is 1. The van der Waals surface area contributed by atoms with Crippen molar-refractivity contribution >= 4 is 23.2 Å². The van der Waals surface area contributed by atoms with Gasteiger partial charge in [0.1, 0.15) is 0 Å². The van der Waals surface area contributed by atoms with Crippen LogP contribution in [0.15, 0.2) is 30.6 Å². The van der Waals surface area contributed by atoms with Crippen LogP contribution in [0.4, 0.5) is 0 Å². The lowest BCUT2D eigenvalue weighted by atomic mass is 9.87. The summed E-state index contributed by atoms with van der Waals surface area (Å²) in [5, 5.41) is 3.08. The van der Waals surface area contributed by atoms with E-state index in [4.69, 9.17) is 0 Å². The van der Waals surface area contributed by atoms with Gasteiger partial charge in [-0.3, -0.25) is 14.6 Å². The molecule has 2 aromatic heterocycles. The highest BCUT2D eigenvalue weighted by molar-refractivity contribution is 7.14. The Labute approximate surface area is 170 Å². The van der Waals surface area contributed by atoms with Gasteiger partial charge in [-0.1, -0.05) is 0 Å². The Balaban J connectivity index is 1.32. The van der Waals surface area contributed by atoms with E-state index in [0.717, 1.165) is 56.5 Å². The smallest absolute Gasteiger partial charge is 0.263 e. The number of hydrogen-bond acceptors (Lipinski definition) is 4. The first kappa shape index (κ1) is 19.1. The Bertz CT molecular complexity index is 828. The zero-order valence-corrected chi connectivity index (χ0v) is 17.0. The maximum Gasteiger partial charge on any atom is 0.263 e. The molecule has 28 heavy (non-hydrogen) atoms. The Hall–Kier alpha value is -2.21. The van der Waals surface area contributed by atoms with Crippen LogP contribution in [0.25, 0.3) is 0 Å². The summed E-state index contributed by atoms with van der Waals surface area (Å²) in [6.07, 6.45) is 10.3. The molecule has 2 amide bonds. The fourth-order valence-corrected chi connectivity index (χ4v) is 5.31. The number of nitrogens with zero attached hydrogens (tertiary/aromatic N) is 2. The maximum atomic E-state index is 12.8. The zero-order valence-electron chi connectivity index (χ0n) is 16.2. The van der Waals surface area contributed by atoms with Crippen LogP contribution < -0.4 is 5.32 Å². The molecule has 1 saturated heterocycles. The molecule has 5 nitrogen and oxygen atoms in total. The molecule has 2 aliphatic rings. The summed E-state index contributed by atoms with van der Waals surface area (Å²) in [6.45, 7) is 2.41. The number of thiophene rings is 1. The largest absolute Gasteiger partial charge is 0.356 e. The standard InChI is InChI=1S/C22H27N3O2S/c26-21(24-11-8-16-6-9-23-10-7-16)17-4-5-19-18(14-17)15-20(28-19)22(27)25-12-2-1-3-13-25/h6-7,9-10,15,17H,1-5,8,11-14H2,(H,24,26)/t17-/m0/s1. The fourth-order valence-electron chi connectivity index (χ4n) is 4.13.